The average molecular weight is 597 g/mol. The standard InChI is InChI=1S/C36H28N4O5/c1-3-27(41)38-24-13-7-4-10-19(24)18-44-35(43)23-16-28-39-25-14-8-5-11-20(25)30-31-22(17-37-34(31)42)29-21-12-6-9-15-26(21)40(33(29)32(30)39)36(23,2)45-28/h3-15,23,28H,1,16-18H2,2H3,(H,37,42)(H,38,41). The second-order valence-electron chi connectivity index (χ2n) is 12.1. The fourth-order valence-electron chi connectivity index (χ4n) is 7.95. The van der Waals surface area contributed by atoms with Crippen molar-refractivity contribution in [3.05, 3.63) is 102 Å². The van der Waals surface area contributed by atoms with Crippen LogP contribution in [0.15, 0.2) is 85.5 Å². The van der Waals surface area contributed by atoms with Crippen LogP contribution in [0.25, 0.3) is 43.6 Å². The molecule has 6 aromatic rings. The van der Waals surface area contributed by atoms with Crippen LogP contribution in [0.1, 0.15) is 41.1 Å². The third-order valence-electron chi connectivity index (χ3n) is 9.82. The number of hydrogen-bond acceptors (Lipinski definition) is 5. The van der Waals surface area contributed by atoms with Crippen LogP contribution in [0.5, 0.6) is 0 Å². The highest BCUT2D eigenvalue weighted by Gasteiger charge is 2.55. The van der Waals surface area contributed by atoms with Crippen molar-refractivity contribution in [1.82, 2.24) is 14.5 Å². The Hall–Kier alpha value is -5.41. The van der Waals surface area contributed by atoms with Gasteiger partial charge in [-0.2, -0.15) is 0 Å². The minimum atomic E-state index is -1.09. The van der Waals surface area contributed by atoms with Gasteiger partial charge in [-0.05, 0) is 36.8 Å². The summed E-state index contributed by atoms with van der Waals surface area (Å²) in [7, 11) is 0. The van der Waals surface area contributed by atoms with Crippen molar-refractivity contribution in [2.24, 2.45) is 5.92 Å². The molecule has 9 nitrogen and oxygen atoms in total. The van der Waals surface area contributed by atoms with Gasteiger partial charge >= 0.3 is 5.97 Å². The Kier molecular flexibility index (Phi) is 5.24. The van der Waals surface area contributed by atoms with Crippen LogP contribution in [-0.2, 0) is 37.9 Å². The normalized spacial score (nSPS) is 21.4. The zero-order valence-corrected chi connectivity index (χ0v) is 24.4. The zero-order chi connectivity index (χ0) is 30.6. The van der Waals surface area contributed by atoms with E-state index in [4.69, 9.17) is 9.47 Å². The summed E-state index contributed by atoms with van der Waals surface area (Å²) in [5.41, 5.74) is 5.63. The highest BCUT2D eigenvalue weighted by Crippen LogP contribution is 2.56. The molecule has 5 heterocycles. The first-order valence-electron chi connectivity index (χ1n) is 15.1. The number of carbonyl (C=O) groups is 3. The van der Waals surface area contributed by atoms with Crippen LogP contribution in [-0.4, -0.2) is 26.9 Å². The number of nitrogens with one attached hydrogen (secondary N) is 2. The zero-order valence-electron chi connectivity index (χ0n) is 24.4. The average Bonchev–Trinajstić information content (AvgIpc) is 3.77. The molecule has 9 rings (SSSR count). The first-order valence-corrected chi connectivity index (χ1v) is 15.1. The van der Waals surface area contributed by atoms with Crippen LogP contribution >= 0.6 is 0 Å². The van der Waals surface area contributed by atoms with Gasteiger partial charge in [-0.15, -0.1) is 0 Å². The molecular formula is C36H28N4O5. The van der Waals surface area contributed by atoms with Crippen molar-refractivity contribution in [3.63, 3.8) is 0 Å². The molecule has 2 aromatic heterocycles. The summed E-state index contributed by atoms with van der Waals surface area (Å²) < 4.78 is 17.4. The highest BCUT2D eigenvalue weighted by atomic mass is 16.6. The number of hydrogen-bond donors (Lipinski definition) is 2. The summed E-state index contributed by atoms with van der Waals surface area (Å²) in [5.74, 6) is -1.44. The molecule has 3 aliphatic rings. The summed E-state index contributed by atoms with van der Waals surface area (Å²) >= 11 is 0. The maximum Gasteiger partial charge on any atom is 0.314 e. The van der Waals surface area contributed by atoms with Crippen molar-refractivity contribution in [1.29, 1.82) is 0 Å². The second-order valence-corrected chi connectivity index (χ2v) is 12.1. The molecule has 2 amide bonds. The van der Waals surface area contributed by atoms with E-state index in [-0.39, 0.29) is 24.4 Å². The van der Waals surface area contributed by atoms with E-state index in [0.29, 0.717) is 24.2 Å². The molecule has 0 aliphatic carbocycles. The maximum atomic E-state index is 14.1. The van der Waals surface area contributed by atoms with E-state index in [1.165, 1.54) is 6.08 Å². The van der Waals surface area contributed by atoms with Gasteiger partial charge in [0.15, 0.2) is 5.72 Å². The summed E-state index contributed by atoms with van der Waals surface area (Å²) in [6.07, 6.45) is 1.11. The Bertz CT molecular complexity index is 2330. The number of para-hydroxylation sites is 3. The number of aromatic nitrogens is 2. The molecule has 0 spiro atoms. The third-order valence-corrected chi connectivity index (χ3v) is 9.82. The predicted molar refractivity (Wildman–Crippen MR) is 171 cm³/mol. The Balaban J connectivity index is 1.25. The van der Waals surface area contributed by atoms with Crippen molar-refractivity contribution >= 4 is 67.1 Å². The third kappa shape index (κ3) is 3.33. The minimum Gasteiger partial charge on any atom is -0.460 e. The van der Waals surface area contributed by atoms with Crippen LogP contribution < -0.4 is 10.6 Å². The number of nitrogens with zero attached hydrogens (tertiary/aromatic N) is 2. The van der Waals surface area contributed by atoms with Gasteiger partial charge in [-0.1, -0.05) is 61.2 Å². The highest BCUT2D eigenvalue weighted by molar-refractivity contribution is 6.31. The quantitative estimate of drug-likeness (QED) is 0.181. The summed E-state index contributed by atoms with van der Waals surface area (Å²) in [6.45, 7) is 5.92. The van der Waals surface area contributed by atoms with E-state index in [1.807, 2.05) is 49.4 Å². The van der Waals surface area contributed by atoms with Gasteiger partial charge in [0.25, 0.3) is 5.91 Å². The molecule has 0 radical (unpaired) electrons. The molecule has 3 aliphatic heterocycles. The van der Waals surface area contributed by atoms with E-state index in [2.05, 4.69) is 50.6 Å². The van der Waals surface area contributed by atoms with Gasteiger partial charge in [0.2, 0.25) is 5.91 Å². The number of esters is 1. The molecule has 0 saturated carbocycles. The predicted octanol–water partition coefficient (Wildman–Crippen LogP) is 6.24. The lowest BCUT2D eigenvalue weighted by atomic mass is 9.93. The summed E-state index contributed by atoms with van der Waals surface area (Å²) in [6, 6.07) is 23.5. The molecule has 2 bridgehead atoms. The molecule has 4 aromatic carbocycles. The van der Waals surface area contributed by atoms with E-state index in [0.717, 1.165) is 54.7 Å². The molecule has 1 saturated heterocycles. The van der Waals surface area contributed by atoms with Crippen molar-refractivity contribution < 1.29 is 23.9 Å². The van der Waals surface area contributed by atoms with E-state index >= 15 is 0 Å². The smallest absolute Gasteiger partial charge is 0.314 e. The number of amides is 2. The van der Waals surface area contributed by atoms with Crippen LogP contribution in [0.4, 0.5) is 5.69 Å². The van der Waals surface area contributed by atoms with Gasteiger partial charge in [0, 0.05) is 45.8 Å². The maximum absolute atomic E-state index is 14.1. The number of anilines is 1. The van der Waals surface area contributed by atoms with Gasteiger partial charge in [-0.3, -0.25) is 14.4 Å². The summed E-state index contributed by atoms with van der Waals surface area (Å²) in [4.78, 5) is 39.6. The van der Waals surface area contributed by atoms with Gasteiger partial charge in [0.05, 0.1) is 27.6 Å². The Morgan fingerprint density at radius 1 is 1.02 bits per heavy atom. The Morgan fingerprint density at radius 2 is 1.73 bits per heavy atom. The molecule has 222 valence electrons. The van der Waals surface area contributed by atoms with E-state index < -0.39 is 17.9 Å². The summed E-state index contributed by atoms with van der Waals surface area (Å²) in [5, 5.41) is 9.79. The molecule has 3 atom stereocenters. The number of carbonyl (C=O) groups excluding carboxylic acids is 3. The number of benzene rings is 4. The van der Waals surface area contributed by atoms with Crippen molar-refractivity contribution in [3.8, 4) is 0 Å². The number of fused-ring (bicyclic) bond motifs is 13. The molecular weight excluding hydrogens is 568 g/mol. The minimum absolute atomic E-state index is 0.0138. The molecule has 1 fully saturated rings. The molecule has 9 heteroatoms. The lowest BCUT2D eigenvalue weighted by Gasteiger charge is -2.32. The number of ether oxygens (including phenoxy) is 2. The Morgan fingerprint density at radius 3 is 2.53 bits per heavy atom. The van der Waals surface area contributed by atoms with E-state index in [9.17, 15) is 14.4 Å². The molecule has 2 N–H and O–H groups in total. The van der Waals surface area contributed by atoms with E-state index in [1.54, 1.807) is 6.07 Å². The fourth-order valence-corrected chi connectivity index (χ4v) is 7.95. The monoisotopic (exact) mass is 596 g/mol. The van der Waals surface area contributed by atoms with Crippen molar-refractivity contribution in [2.45, 2.75) is 38.4 Å². The second kappa shape index (κ2) is 9.06. The first-order chi connectivity index (χ1) is 21.9. The number of rotatable bonds is 5. The first kappa shape index (κ1) is 26.0. The van der Waals surface area contributed by atoms with Crippen molar-refractivity contribution in [2.75, 3.05) is 5.32 Å². The molecule has 3 unspecified atom stereocenters. The Labute approximate surface area is 257 Å². The van der Waals surface area contributed by atoms with Gasteiger partial charge < -0.3 is 29.2 Å². The lowest BCUT2D eigenvalue weighted by molar-refractivity contribution is -0.165. The van der Waals surface area contributed by atoms with Crippen LogP contribution in [0.2, 0.25) is 0 Å². The van der Waals surface area contributed by atoms with Gasteiger partial charge in [-0.25, -0.2) is 0 Å². The van der Waals surface area contributed by atoms with Crippen LogP contribution in [0, 0.1) is 5.92 Å². The van der Waals surface area contributed by atoms with Crippen LogP contribution in [0.3, 0.4) is 0 Å². The SMILES string of the molecule is C=CC(=O)Nc1ccccc1COC(=O)C1CC2OC1(C)n1c3ccccc3c3c4c(c5c6ccccc6n2c5c31)C(=O)NC4. The van der Waals surface area contributed by atoms with Gasteiger partial charge in [0.1, 0.15) is 18.8 Å². The topological polar surface area (TPSA) is 104 Å². The largest absolute Gasteiger partial charge is 0.460 e. The lowest BCUT2D eigenvalue weighted by Crippen LogP contribution is -2.40. The fraction of sp³-hybridized carbons (Fsp3) is 0.194. The molecule has 45 heavy (non-hydrogen) atoms.